The average Bonchev–Trinajstić information content (AvgIpc) is 3.03. The Morgan fingerprint density at radius 2 is 0.864 bits per heavy atom. The molecule has 2 saturated heterocycles. The highest BCUT2D eigenvalue weighted by molar-refractivity contribution is 4.98. The summed E-state index contributed by atoms with van der Waals surface area (Å²) in [6, 6.07) is 0. The van der Waals surface area contributed by atoms with Crippen LogP contribution in [-0.2, 0) is 47.4 Å². The zero-order valence-corrected chi connectivity index (χ0v) is 25.7. The molecule has 0 aromatic rings. The quantitative estimate of drug-likeness (QED) is 0.120. The van der Waals surface area contributed by atoms with E-state index in [1.165, 1.54) is 0 Å². The van der Waals surface area contributed by atoms with Gasteiger partial charge in [-0.15, -0.1) is 46.1 Å². The van der Waals surface area contributed by atoms with Gasteiger partial charge in [-0.25, -0.2) is 0 Å². The van der Waals surface area contributed by atoms with E-state index in [9.17, 15) is 5.11 Å². The Kier molecular flexibility index (Phi) is 19.2. The summed E-state index contributed by atoms with van der Waals surface area (Å²) in [5.41, 5.74) is 0. The third-order valence-electron chi connectivity index (χ3n) is 6.54. The predicted molar refractivity (Wildman–Crippen MR) is 166 cm³/mol. The largest absolute Gasteiger partial charge is 0.387 e. The lowest BCUT2D eigenvalue weighted by atomic mass is 9.96. The number of aliphatic hydroxyl groups is 1. The Morgan fingerprint density at radius 1 is 0.455 bits per heavy atom. The van der Waals surface area contributed by atoms with E-state index in [0.717, 1.165) is 0 Å². The zero-order valence-electron chi connectivity index (χ0n) is 25.7. The molecule has 0 bridgehead atoms. The van der Waals surface area contributed by atoms with Gasteiger partial charge in [-0.1, -0.05) is 42.5 Å². The van der Waals surface area contributed by atoms with E-state index >= 15 is 0 Å². The van der Waals surface area contributed by atoms with E-state index in [0.29, 0.717) is 0 Å². The summed E-state index contributed by atoms with van der Waals surface area (Å²) in [5, 5.41) is 11.3. The number of hydrogen-bond acceptors (Lipinski definition) is 11. The van der Waals surface area contributed by atoms with Crippen LogP contribution in [0.3, 0.4) is 0 Å². The van der Waals surface area contributed by atoms with Crippen LogP contribution in [0.5, 0.6) is 0 Å². The molecule has 44 heavy (non-hydrogen) atoms. The van der Waals surface area contributed by atoms with Crippen LogP contribution in [0.2, 0.25) is 0 Å². The molecule has 248 valence electrons. The first-order valence-corrected chi connectivity index (χ1v) is 14.6. The third kappa shape index (κ3) is 11.6. The summed E-state index contributed by atoms with van der Waals surface area (Å²) in [6.45, 7) is 27.7. The first-order valence-electron chi connectivity index (χ1n) is 14.6. The van der Waals surface area contributed by atoms with E-state index in [-0.39, 0.29) is 59.5 Å². The van der Waals surface area contributed by atoms with Gasteiger partial charge < -0.3 is 52.5 Å². The van der Waals surface area contributed by atoms with E-state index in [1.54, 1.807) is 42.5 Å². The molecule has 10 atom stereocenters. The lowest BCUT2D eigenvalue weighted by Crippen LogP contribution is -2.66. The molecular weight excluding hydrogens is 572 g/mol. The Hall–Kier alpha value is -2.26. The Labute approximate surface area is 262 Å². The molecule has 1 N–H and O–H groups in total. The molecule has 0 unspecified atom stereocenters. The maximum atomic E-state index is 11.3. The zero-order chi connectivity index (χ0) is 32.2. The van der Waals surface area contributed by atoms with Crippen molar-refractivity contribution in [3.8, 4) is 0 Å². The van der Waals surface area contributed by atoms with E-state index in [2.05, 4.69) is 46.1 Å². The monoisotopic (exact) mass is 622 g/mol. The van der Waals surface area contributed by atoms with Gasteiger partial charge >= 0.3 is 0 Å². The molecule has 2 fully saturated rings. The molecule has 0 aromatic carbocycles. The molecule has 2 heterocycles. The smallest absolute Gasteiger partial charge is 0.187 e. The minimum atomic E-state index is -1.11. The van der Waals surface area contributed by atoms with Gasteiger partial charge in [0.1, 0.15) is 48.8 Å². The van der Waals surface area contributed by atoms with Crippen LogP contribution in [0.4, 0.5) is 0 Å². The summed E-state index contributed by atoms with van der Waals surface area (Å²) in [4.78, 5) is 0. The fourth-order valence-corrected chi connectivity index (χ4v) is 4.75. The van der Waals surface area contributed by atoms with Gasteiger partial charge in [0.15, 0.2) is 12.6 Å². The number of hydrogen-bond donors (Lipinski definition) is 1. The maximum Gasteiger partial charge on any atom is 0.187 e. The molecule has 0 aromatic heterocycles. The number of rotatable bonds is 25. The van der Waals surface area contributed by atoms with Gasteiger partial charge in [-0.3, -0.25) is 0 Å². The Bertz CT molecular complexity index is 880. The Morgan fingerprint density at radius 3 is 1.39 bits per heavy atom. The van der Waals surface area contributed by atoms with Crippen molar-refractivity contribution in [3.05, 3.63) is 88.6 Å². The second-order valence-electron chi connectivity index (χ2n) is 9.80. The molecule has 0 amide bonds. The van der Waals surface area contributed by atoms with Gasteiger partial charge in [-0.05, 0) is 0 Å². The molecule has 0 saturated carbocycles. The highest BCUT2D eigenvalue weighted by Crippen LogP contribution is 2.34. The molecule has 0 radical (unpaired) electrons. The summed E-state index contributed by atoms with van der Waals surface area (Å²) in [7, 11) is 0. The topological polar surface area (TPSA) is 113 Å². The van der Waals surface area contributed by atoms with E-state index in [1.807, 2.05) is 0 Å². The minimum Gasteiger partial charge on any atom is -0.387 e. The molecule has 11 heteroatoms. The van der Waals surface area contributed by atoms with Crippen LogP contribution < -0.4 is 0 Å². The lowest BCUT2D eigenvalue weighted by molar-refractivity contribution is -0.369. The van der Waals surface area contributed by atoms with Crippen LogP contribution in [0, 0.1) is 0 Å². The fourth-order valence-electron chi connectivity index (χ4n) is 4.75. The fraction of sp³-hybridized carbons (Fsp3) is 0.576. The van der Waals surface area contributed by atoms with Crippen molar-refractivity contribution in [2.24, 2.45) is 0 Å². The lowest BCUT2D eigenvalue weighted by Gasteiger charge is -2.49. The van der Waals surface area contributed by atoms with Crippen LogP contribution in [-0.4, -0.2) is 126 Å². The van der Waals surface area contributed by atoms with Crippen molar-refractivity contribution < 1.29 is 52.5 Å². The molecule has 2 aliphatic rings. The van der Waals surface area contributed by atoms with Gasteiger partial charge in [0.2, 0.25) is 0 Å². The van der Waals surface area contributed by atoms with Gasteiger partial charge in [0, 0.05) is 0 Å². The van der Waals surface area contributed by atoms with Crippen LogP contribution in [0.15, 0.2) is 88.6 Å². The molecule has 2 rings (SSSR count). The van der Waals surface area contributed by atoms with Crippen LogP contribution in [0.1, 0.15) is 0 Å². The average molecular weight is 623 g/mol. The molecule has 0 spiro atoms. The summed E-state index contributed by atoms with van der Waals surface area (Å²) in [5.74, 6) is 0. The molecule has 11 nitrogen and oxygen atoms in total. The third-order valence-corrected chi connectivity index (χ3v) is 6.54. The minimum absolute atomic E-state index is 0.0428. The first-order chi connectivity index (χ1) is 21.5. The maximum absolute atomic E-state index is 11.3. The number of ether oxygens (including phenoxy) is 10. The van der Waals surface area contributed by atoms with Crippen molar-refractivity contribution in [1.82, 2.24) is 0 Å². The van der Waals surface area contributed by atoms with Crippen LogP contribution >= 0.6 is 0 Å². The summed E-state index contributed by atoms with van der Waals surface area (Å²) < 4.78 is 61.3. The second-order valence-corrected chi connectivity index (χ2v) is 9.80. The molecule has 2 aliphatic heterocycles. The Balaban J connectivity index is 2.54. The van der Waals surface area contributed by atoms with Gasteiger partial charge in [-0.2, -0.15) is 0 Å². The second kappa shape index (κ2) is 22.3. The summed E-state index contributed by atoms with van der Waals surface area (Å²) >= 11 is 0. The first kappa shape index (κ1) is 37.9. The highest BCUT2D eigenvalue weighted by Gasteiger charge is 2.53. The SMILES string of the molecule is C=CCOC[C@H]1O[C@@H](O[C@H]2[C@H](OCC=C)[C@@H](OCC=C)[C@@H](OCC=C)O[C@@H]2COCC=C)[C@H](OCC=C)[C@@H](OCC=C)[C@H]1O. The van der Waals surface area contributed by atoms with E-state index in [4.69, 9.17) is 47.4 Å². The highest BCUT2D eigenvalue weighted by atomic mass is 16.8. The van der Waals surface area contributed by atoms with Crippen molar-refractivity contribution in [1.29, 1.82) is 0 Å². The standard InChI is InChI=1S/C33H50O11/c1-8-15-35-22-24-26(34)28(37-17-10-3)30(39-19-12-5)33(42-24)44-27-25(23-36-16-9-2)43-32(41-21-14-7)31(40-20-13-6)29(27)38-18-11-4/h8-14,24-34H,1-7,15-23H2/t24-,25-,26+,27-,28+,29+,30-,31-,32+,33+/m1/s1. The van der Waals surface area contributed by atoms with Crippen LogP contribution in [0.25, 0.3) is 0 Å². The van der Waals surface area contributed by atoms with Crippen molar-refractivity contribution in [2.75, 3.05) is 59.5 Å². The normalized spacial score (nSPS) is 31.9. The van der Waals surface area contributed by atoms with Gasteiger partial charge in [0.25, 0.3) is 0 Å². The van der Waals surface area contributed by atoms with Crippen molar-refractivity contribution >= 4 is 0 Å². The van der Waals surface area contributed by atoms with Crippen molar-refractivity contribution in [2.45, 2.75) is 61.4 Å². The number of aliphatic hydroxyl groups excluding tert-OH is 1. The predicted octanol–water partition coefficient (Wildman–Crippen LogP) is 3.07. The molecular formula is C33H50O11. The van der Waals surface area contributed by atoms with Crippen molar-refractivity contribution in [3.63, 3.8) is 0 Å². The van der Waals surface area contributed by atoms with Gasteiger partial charge in [0.05, 0.1) is 59.5 Å². The molecule has 0 aliphatic carbocycles. The van der Waals surface area contributed by atoms with E-state index < -0.39 is 61.4 Å². The summed E-state index contributed by atoms with van der Waals surface area (Å²) in [6.07, 6.45) is 2.53.